The van der Waals surface area contributed by atoms with Crippen molar-refractivity contribution >= 4 is 11.5 Å². The van der Waals surface area contributed by atoms with E-state index in [9.17, 15) is 4.79 Å². The number of unbranched alkanes of at least 4 members (excludes halogenated alkanes) is 1. The Balaban J connectivity index is 1.44. The molecule has 36 heavy (non-hydrogen) atoms. The minimum absolute atomic E-state index is 0.319. The van der Waals surface area contributed by atoms with Crippen LogP contribution in [0.5, 0.6) is 5.75 Å². The summed E-state index contributed by atoms with van der Waals surface area (Å²) in [5, 5.41) is 0. The Morgan fingerprint density at radius 2 is 1.56 bits per heavy atom. The molecule has 3 aromatic rings. The van der Waals surface area contributed by atoms with Crippen molar-refractivity contribution in [2.24, 2.45) is 0 Å². The molecule has 0 N–H and O–H groups in total. The summed E-state index contributed by atoms with van der Waals surface area (Å²) in [6, 6.07) is 23.3. The standard InChI is InChI=1S/C32H36O4/c1-4-7-10-23-15-18-28-29(26-11-8-9-12-27(26)30(28)21-23)19-20-36-25-16-13-24(14-17-25)22-31(34-5-2)32(33)35-6-3/h8-9,11-19,21,31H,4-7,10,20,22H2,1-3H3. The normalized spacial score (nSPS) is 13.8. The van der Waals surface area contributed by atoms with Gasteiger partial charge in [0.15, 0.2) is 6.10 Å². The third-order valence-electron chi connectivity index (χ3n) is 6.50. The number of esters is 1. The minimum Gasteiger partial charge on any atom is -0.490 e. The van der Waals surface area contributed by atoms with Crippen molar-refractivity contribution < 1.29 is 19.0 Å². The lowest BCUT2D eigenvalue weighted by Crippen LogP contribution is -2.28. The van der Waals surface area contributed by atoms with Gasteiger partial charge in [0.25, 0.3) is 0 Å². The summed E-state index contributed by atoms with van der Waals surface area (Å²) in [6.07, 6.45) is 5.60. The monoisotopic (exact) mass is 484 g/mol. The van der Waals surface area contributed by atoms with E-state index in [-0.39, 0.29) is 5.97 Å². The molecule has 0 saturated heterocycles. The maximum absolute atomic E-state index is 12.1. The number of carbonyl (C=O) groups is 1. The smallest absolute Gasteiger partial charge is 0.335 e. The van der Waals surface area contributed by atoms with Gasteiger partial charge in [-0.15, -0.1) is 0 Å². The van der Waals surface area contributed by atoms with Gasteiger partial charge >= 0.3 is 5.97 Å². The highest BCUT2D eigenvalue weighted by Gasteiger charge is 2.23. The maximum Gasteiger partial charge on any atom is 0.335 e. The van der Waals surface area contributed by atoms with E-state index in [4.69, 9.17) is 14.2 Å². The average molecular weight is 485 g/mol. The molecule has 0 radical (unpaired) electrons. The second-order valence-electron chi connectivity index (χ2n) is 9.00. The van der Waals surface area contributed by atoms with E-state index in [1.165, 1.54) is 46.2 Å². The van der Waals surface area contributed by atoms with Gasteiger partial charge in [-0.25, -0.2) is 4.79 Å². The van der Waals surface area contributed by atoms with Gasteiger partial charge in [-0.05, 0) is 83.9 Å². The number of hydrogen-bond donors (Lipinski definition) is 0. The number of ether oxygens (including phenoxy) is 3. The molecule has 1 atom stereocenters. The first-order chi connectivity index (χ1) is 17.6. The summed E-state index contributed by atoms with van der Waals surface area (Å²) in [6.45, 7) is 7.20. The van der Waals surface area contributed by atoms with E-state index in [0.29, 0.717) is 26.2 Å². The van der Waals surface area contributed by atoms with Crippen LogP contribution in [0.1, 0.15) is 55.9 Å². The SMILES string of the molecule is CCCCc1ccc2c(c1)-c1ccccc1C2=CCOc1ccc(CC(OCC)C(=O)OCC)cc1. The van der Waals surface area contributed by atoms with E-state index in [1.807, 2.05) is 31.2 Å². The Labute approximate surface area is 214 Å². The number of benzene rings is 3. The van der Waals surface area contributed by atoms with Gasteiger partial charge in [0.1, 0.15) is 12.4 Å². The van der Waals surface area contributed by atoms with Crippen LogP contribution in [0, 0.1) is 0 Å². The molecular formula is C32H36O4. The predicted molar refractivity (Wildman–Crippen MR) is 145 cm³/mol. The minimum atomic E-state index is -0.587. The molecule has 1 aliphatic rings. The second kappa shape index (κ2) is 12.5. The largest absolute Gasteiger partial charge is 0.490 e. The fourth-order valence-electron chi connectivity index (χ4n) is 4.71. The van der Waals surface area contributed by atoms with Gasteiger partial charge in [0.05, 0.1) is 6.61 Å². The molecule has 1 unspecified atom stereocenters. The van der Waals surface area contributed by atoms with E-state index >= 15 is 0 Å². The third kappa shape index (κ3) is 6.06. The number of rotatable bonds is 12. The number of aryl methyl sites for hydroxylation is 1. The molecule has 0 fully saturated rings. The van der Waals surface area contributed by atoms with Crippen LogP contribution >= 0.6 is 0 Å². The number of fused-ring (bicyclic) bond motifs is 3. The Bertz CT molecular complexity index is 1190. The molecular weight excluding hydrogens is 448 g/mol. The Hall–Kier alpha value is -3.37. The van der Waals surface area contributed by atoms with Gasteiger partial charge < -0.3 is 14.2 Å². The van der Waals surface area contributed by atoms with Crippen LogP contribution < -0.4 is 4.74 Å². The molecule has 3 aromatic carbocycles. The molecule has 0 amide bonds. The molecule has 0 aliphatic heterocycles. The van der Waals surface area contributed by atoms with E-state index in [0.717, 1.165) is 17.7 Å². The summed E-state index contributed by atoms with van der Waals surface area (Å²) in [7, 11) is 0. The van der Waals surface area contributed by atoms with Crippen molar-refractivity contribution in [1.82, 2.24) is 0 Å². The molecule has 4 rings (SSSR count). The highest BCUT2D eigenvalue weighted by molar-refractivity contribution is 6.01. The van der Waals surface area contributed by atoms with Crippen LogP contribution in [-0.2, 0) is 27.1 Å². The van der Waals surface area contributed by atoms with Crippen molar-refractivity contribution in [1.29, 1.82) is 0 Å². The van der Waals surface area contributed by atoms with Crippen molar-refractivity contribution in [2.75, 3.05) is 19.8 Å². The highest BCUT2D eigenvalue weighted by atomic mass is 16.6. The van der Waals surface area contributed by atoms with Crippen LogP contribution in [0.2, 0.25) is 0 Å². The summed E-state index contributed by atoms with van der Waals surface area (Å²) in [5.74, 6) is 0.474. The van der Waals surface area contributed by atoms with E-state index in [1.54, 1.807) is 6.92 Å². The number of hydrogen-bond acceptors (Lipinski definition) is 4. The van der Waals surface area contributed by atoms with E-state index < -0.39 is 6.10 Å². The molecule has 0 spiro atoms. The first-order valence-corrected chi connectivity index (χ1v) is 13.1. The molecule has 4 nitrogen and oxygen atoms in total. The Morgan fingerprint density at radius 3 is 2.28 bits per heavy atom. The molecule has 4 heteroatoms. The van der Waals surface area contributed by atoms with Gasteiger partial charge in [0.2, 0.25) is 0 Å². The fraction of sp³-hybridized carbons (Fsp3) is 0.344. The average Bonchev–Trinajstić information content (AvgIpc) is 3.21. The molecule has 0 heterocycles. The van der Waals surface area contributed by atoms with Gasteiger partial charge in [-0.1, -0.05) is 67.9 Å². The van der Waals surface area contributed by atoms with Crippen LogP contribution in [0.4, 0.5) is 0 Å². The summed E-state index contributed by atoms with van der Waals surface area (Å²) >= 11 is 0. The van der Waals surface area contributed by atoms with Crippen LogP contribution in [0.25, 0.3) is 16.7 Å². The summed E-state index contributed by atoms with van der Waals surface area (Å²) in [4.78, 5) is 12.1. The van der Waals surface area contributed by atoms with Crippen LogP contribution in [0.3, 0.4) is 0 Å². The molecule has 1 aliphatic carbocycles. The van der Waals surface area contributed by atoms with Gasteiger partial charge in [0, 0.05) is 13.0 Å². The first kappa shape index (κ1) is 25.7. The predicted octanol–water partition coefficient (Wildman–Crippen LogP) is 7.03. The van der Waals surface area contributed by atoms with Gasteiger partial charge in [-0.2, -0.15) is 0 Å². The van der Waals surface area contributed by atoms with Crippen molar-refractivity contribution in [3.63, 3.8) is 0 Å². The van der Waals surface area contributed by atoms with Gasteiger partial charge in [-0.3, -0.25) is 0 Å². The third-order valence-corrected chi connectivity index (χ3v) is 6.50. The lowest BCUT2D eigenvalue weighted by molar-refractivity contribution is -0.156. The molecule has 188 valence electrons. The second-order valence-corrected chi connectivity index (χ2v) is 9.00. The van der Waals surface area contributed by atoms with Crippen LogP contribution in [0.15, 0.2) is 72.8 Å². The Kier molecular flexibility index (Phi) is 8.96. The topological polar surface area (TPSA) is 44.8 Å². The van der Waals surface area contributed by atoms with Crippen molar-refractivity contribution in [3.05, 3.63) is 95.1 Å². The lowest BCUT2D eigenvalue weighted by atomic mass is 9.99. The first-order valence-electron chi connectivity index (χ1n) is 13.1. The molecule has 0 aromatic heterocycles. The maximum atomic E-state index is 12.1. The van der Waals surface area contributed by atoms with Crippen LogP contribution in [-0.4, -0.2) is 31.9 Å². The zero-order valence-corrected chi connectivity index (χ0v) is 21.6. The lowest BCUT2D eigenvalue weighted by Gasteiger charge is -2.15. The number of carbonyl (C=O) groups excluding carboxylic acids is 1. The molecule has 0 saturated carbocycles. The van der Waals surface area contributed by atoms with Crippen molar-refractivity contribution in [2.45, 2.75) is 52.6 Å². The zero-order chi connectivity index (χ0) is 25.3. The Morgan fingerprint density at radius 1 is 0.833 bits per heavy atom. The highest BCUT2D eigenvalue weighted by Crippen LogP contribution is 2.44. The zero-order valence-electron chi connectivity index (χ0n) is 21.6. The van der Waals surface area contributed by atoms with E-state index in [2.05, 4.69) is 55.5 Å². The molecule has 0 bridgehead atoms. The summed E-state index contributed by atoms with van der Waals surface area (Å²) < 4.78 is 16.8. The van der Waals surface area contributed by atoms with Crippen molar-refractivity contribution in [3.8, 4) is 16.9 Å². The quantitative estimate of drug-likeness (QED) is 0.203. The fourth-order valence-corrected chi connectivity index (χ4v) is 4.71. The summed E-state index contributed by atoms with van der Waals surface area (Å²) in [5.41, 5.74) is 8.79.